The normalized spacial score (nSPS) is 12.7. The number of likely N-dealkylation sites (N-methyl/N-ethyl adjacent to an activating group) is 2. The first-order valence-corrected chi connectivity index (χ1v) is 32.4. The molecule has 0 bridgehead atoms. The molecule has 27 heteroatoms. The van der Waals surface area contributed by atoms with Gasteiger partial charge in [0.2, 0.25) is 5.91 Å². The van der Waals surface area contributed by atoms with Crippen LogP contribution in [0.25, 0.3) is 22.3 Å². The minimum atomic E-state index is -4.78. The van der Waals surface area contributed by atoms with Gasteiger partial charge in [-0.3, -0.25) is 24.0 Å². The van der Waals surface area contributed by atoms with Crippen LogP contribution in [0.3, 0.4) is 0 Å². The van der Waals surface area contributed by atoms with Crippen LogP contribution in [-0.4, -0.2) is 102 Å². The summed E-state index contributed by atoms with van der Waals surface area (Å²) in [4.78, 5) is 78.8. The molecule has 0 saturated heterocycles. The second kappa shape index (κ2) is 38.9. The summed E-state index contributed by atoms with van der Waals surface area (Å²) in [5.41, 5.74) is 11.3. The van der Waals surface area contributed by atoms with E-state index in [9.17, 15) is 64.6 Å². The van der Waals surface area contributed by atoms with Crippen molar-refractivity contribution in [3.63, 3.8) is 0 Å². The number of hydrogen-bond acceptors (Lipinski definition) is 11. The number of amides is 1. The Bertz CT molecular complexity index is 3850. The fourth-order valence-electron chi connectivity index (χ4n) is 11.6. The van der Waals surface area contributed by atoms with Crippen LogP contribution in [0.4, 0.5) is 35.1 Å². The first-order chi connectivity index (χ1) is 45.0. The van der Waals surface area contributed by atoms with Crippen molar-refractivity contribution >= 4 is 74.0 Å². The molecule has 0 radical (unpaired) electrons. The monoisotopic (exact) mass is 1470 g/mol. The Hall–Kier alpha value is -6.74. The number of nitrogens with zero attached hydrogens (tertiary/aromatic N) is 4. The number of benzene rings is 4. The molecule has 0 spiro atoms. The molecule has 0 aliphatic carbocycles. The molecule has 99 heavy (non-hydrogen) atoms. The van der Waals surface area contributed by atoms with E-state index in [1.54, 1.807) is 91.7 Å². The van der Waals surface area contributed by atoms with E-state index in [0.717, 1.165) is 71.6 Å². The van der Waals surface area contributed by atoms with Crippen molar-refractivity contribution in [2.45, 2.75) is 158 Å². The number of aromatic nitrogens is 2. The molecule has 4 aromatic carbocycles. The lowest BCUT2D eigenvalue weighted by Crippen LogP contribution is -2.41. The van der Waals surface area contributed by atoms with Crippen LogP contribution in [0.2, 0.25) is 10.0 Å². The molecule has 2 heterocycles. The standard InChI is InChI=1S/C36H44ClF4N3O4.C20H23ClFNO2.C16H23F3N2O3.2H2S/c1-9-48-32(46)18-29(26-15-25(16-28(37)34(26)38)33-22(5)13-21(4)14-23(33)6)42-35(47)30(12-20(2)3)44-19-24(10-11-43(7)8)27(17-31(44)45)36(39,40)41;1-5-25-18(24)10-17(23)15-8-14(9-16(21)20(15)22)19-12(3)6-11(2)7-13(19)4;1-10(2)7-13(15(23)24)21-9-11(5-6-20(3)4)12(8-14(21)22)16(17,18)19;;/h13-17,19-20,29-30H,9-12,18H2,1-8H3,(H,42,47);6-9,17H,5,10,23H2,1-4H3;8-10,13H,5-7H2,1-4H3,(H,23,24);2*1H2/t29-,30?;17-;;;/m00.../s1. The molecule has 4 N–H and O–H groups in total. The van der Waals surface area contributed by atoms with E-state index >= 15 is 4.39 Å². The molecule has 2 unspecified atom stereocenters. The summed E-state index contributed by atoms with van der Waals surface area (Å²) in [7, 11) is 6.87. The number of carbonyl (C=O) groups is 4. The largest absolute Gasteiger partial charge is 0.480 e. The predicted molar refractivity (Wildman–Crippen MR) is 384 cm³/mol. The predicted octanol–water partition coefficient (Wildman–Crippen LogP) is 15.6. The second-order valence-corrected chi connectivity index (χ2v) is 26.4. The van der Waals surface area contributed by atoms with Gasteiger partial charge in [-0.2, -0.15) is 53.3 Å². The fourth-order valence-corrected chi connectivity index (χ4v) is 12.0. The van der Waals surface area contributed by atoms with Gasteiger partial charge in [0.15, 0.2) is 0 Å². The first kappa shape index (κ1) is 88.3. The van der Waals surface area contributed by atoms with Gasteiger partial charge < -0.3 is 44.6 Å². The van der Waals surface area contributed by atoms with E-state index in [4.69, 9.17) is 38.4 Å². The van der Waals surface area contributed by atoms with E-state index in [1.165, 1.54) is 12.1 Å². The number of esters is 2. The number of nitrogens with one attached hydrogen (secondary N) is 1. The maximum Gasteiger partial charge on any atom is 0.416 e. The molecule has 0 saturated carbocycles. The maximum atomic E-state index is 15.9. The van der Waals surface area contributed by atoms with Gasteiger partial charge in [0.05, 0.1) is 53.3 Å². The number of ether oxygens (including phenoxy) is 2. The number of rotatable bonds is 25. The summed E-state index contributed by atoms with van der Waals surface area (Å²) in [5, 5.41) is 11.8. The molecular formula is C72H94Cl2F8N6O9S2. The number of hydrogen-bond donors (Lipinski definition) is 3. The lowest BCUT2D eigenvalue weighted by atomic mass is 9.91. The van der Waals surface area contributed by atoms with E-state index in [0.29, 0.717) is 24.2 Å². The Morgan fingerprint density at radius 3 is 1.28 bits per heavy atom. The number of halogens is 10. The van der Waals surface area contributed by atoms with Crippen LogP contribution in [0, 0.1) is 65.0 Å². The van der Waals surface area contributed by atoms with Crippen molar-refractivity contribution in [3.8, 4) is 22.3 Å². The Balaban J connectivity index is 0.000000551. The highest BCUT2D eigenvalue weighted by Gasteiger charge is 2.38. The third-order valence-corrected chi connectivity index (χ3v) is 16.3. The molecule has 2 aromatic heterocycles. The molecule has 6 aromatic rings. The molecule has 0 aliphatic heterocycles. The van der Waals surface area contributed by atoms with Crippen molar-refractivity contribution in [1.82, 2.24) is 24.3 Å². The molecule has 1 amide bonds. The number of aryl methyl sites for hydroxylation is 6. The van der Waals surface area contributed by atoms with Crippen LogP contribution in [0.15, 0.2) is 82.6 Å². The zero-order valence-electron chi connectivity index (χ0n) is 58.8. The SMILES string of the molecule is CC(C)CC(C(=O)O)n1cc(CCN(C)C)c(C(F)(F)F)cc1=O.CCOC(=O)C[C@H](N)c1cc(-c2c(C)cc(C)cc2C)cc(Cl)c1F.CCOC(=O)C[C@H](NC(=O)C(CC(C)C)n1cc(CCN(C)C)c(C(F)(F)F)cc1=O)c1cc(-c2c(C)cc(C)cc2C)cc(Cl)c1F.S.S. The molecule has 0 aliphatic rings. The maximum absolute atomic E-state index is 15.9. The van der Waals surface area contributed by atoms with Gasteiger partial charge >= 0.3 is 30.3 Å². The van der Waals surface area contributed by atoms with Gasteiger partial charge in [0.1, 0.15) is 23.7 Å². The Labute approximate surface area is 598 Å². The molecule has 6 rings (SSSR count). The summed E-state index contributed by atoms with van der Waals surface area (Å²) in [5.74, 6) is -4.83. The summed E-state index contributed by atoms with van der Waals surface area (Å²) < 4.78 is 124. The topological polar surface area (TPSA) is 196 Å². The number of nitrogens with two attached hydrogens (primary N) is 1. The Kier molecular flexibility index (Phi) is 34.7. The number of carboxylic acid groups (broad SMARTS) is 1. The van der Waals surface area contributed by atoms with E-state index < -0.39 is 101 Å². The Morgan fingerprint density at radius 1 is 0.576 bits per heavy atom. The van der Waals surface area contributed by atoms with Gasteiger partial charge in [-0.05, 0) is 201 Å². The van der Waals surface area contributed by atoms with Crippen molar-refractivity contribution in [2.24, 2.45) is 17.6 Å². The van der Waals surface area contributed by atoms with Crippen LogP contribution in [0.5, 0.6) is 0 Å². The summed E-state index contributed by atoms with van der Waals surface area (Å²) in [6.07, 6.45) is -7.60. The summed E-state index contributed by atoms with van der Waals surface area (Å²) in [6, 6.07) is 10.8. The van der Waals surface area contributed by atoms with E-state index in [-0.39, 0.29) is 123 Å². The minimum Gasteiger partial charge on any atom is -0.480 e. The van der Waals surface area contributed by atoms with Crippen molar-refractivity contribution in [3.05, 3.63) is 182 Å². The molecule has 0 fully saturated rings. The lowest BCUT2D eigenvalue weighted by Gasteiger charge is -2.27. The summed E-state index contributed by atoms with van der Waals surface area (Å²) in [6.45, 7) is 23.2. The smallest absolute Gasteiger partial charge is 0.416 e. The van der Waals surface area contributed by atoms with Crippen LogP contribution < -0.4 is 22.2 Å². The molecule has 15 nitrogen and oxygen atoms in total. The van der Waals surface area contributed by atoms with Crippen LogP contribution >= 0.6 is 50.2 Å². The third-order valence-electron chi connectivity index (χ3n) is 15.7. The number of pyridine rings is 2. The number of alkyl halides is 6. The van der Waals surface area contributed by atoms with Gasteiger partial charge in [-0.15, -0.1) is 0 Å². The summed E-state index contributed by atoms with van der Waals surface area (Å²) >= 11 is 12.5. The number of carboxylic acids is 1. The van der Waals surface area contributed by atoms with Gasteiger partial charge in [0, 0.05) is 54.8 Å². The van der Waals surface area contributed by atoms with Crippen molar-refractivity contribution in [1.29, 1.82) is 0 Å². The van der Waals surface area contributed by atoms with Crippen molar-refractivity contribution in [2.75, 3.05) is 54.5 Å². The minimum absolute atomic E-state index is 0. The van der Waals surface area contributed by atoms with Gasteiger partial charge in [-0.1, -0.05) is 86.3 Å². The van der Waals surface area contributed by atoms with E-state index in [1.807, 2.05) is 53.7 Å². The molecule has 4 atom stereocenters. The fraction of sp³-hybridized carbons (Fsp3) is 0.472. The highest BCUT2D eigenvalue weighted by Crippen LogP contribution is 2.39. The zero-order valence-corrected chi connectivity index (χ0v) is 62.3. The van der Waals surface area contributed by atoms with Gasteiger partial charge in [0.25, 0.3) is 11.1 Å². The van der Waals surface area contributed by atoms with Crippen LogP contribution in [-0.2, 0) is 53.8 Å². The first-order valence-electron chi connectivity index (χ1n) is 31.7. The highest BCUT2D eigenvalue weighted by molar-refractivity contribution is 7.59. The van der Waals surface area contributed by atoms with Crippen molar-refractivity contribution < 1.29 is 68.9 Å². The zero-order chi connectivity index (χ0) is 73.5. The third kappa shape index (κ3) is 25.4. The average Bonchev–Trinajstić information content (AvgIpc) is 0.802. The molecular weight excluding hydrogens is 1380 g/mol. The quantitative estimate of drug-likeness (QED) is 0.0363. The van der Waals surface area contributed by atoms with Crippen LogP contribution in [0.1, 0.15) is 158 Å². The molecule has 548 valence electrons. The number of aliphatic carboxylic acids is 1. The Morgan fingerprint density at radius 2 is 0.929 bits per heavy atom. The van der Waals surface area contributed by atoms with E-state index in [2.05, 4.69) is 17.4 Å². The highest BCUT2D eigenvalue weighted by atomic mass is 35.5. The lowest BCUT2D eigenvalue weighted by molar-refractivity contribution is -0.144. The average molecular weight is 1470 g/mol. The van der Waals surface area contributed by atoms with Gasteiger partial charge in [-0.25, -0.2) is 13.6 Å². The second-order valence-electron chi connectivity index (χ2n) is 25.6. The number of carbonyl (C=O) groups excluding carboxylic acids is 3.